The number of nitrogens with one attached hydrogen (secondary N) is 1. The van der Waals surface area contributed by atoms with Crippen LogP contribution in [0.1, 0.15) is 50.9 Å². The summed E-state index contributed by atoms with van der Waals surface area (Å²) in [5.74, 6) is -2.84. The topological polar surface area (TPSA) is 141 Å². The maximum atomic E-state index is 14.7. The van der Waals surface area contributed by atoms with Gasteiger partial charge in [-0.2, -0.15) is 0 Å². The van der Waals surface area contributed by atoms with Crippen molar-refractivity contribution in [1.29, 1.82) is 0 Å². The molecular weight excluding hydrogens is 641 g/mol. The summed E-state index contributed by atoms with van der Waals surface area (Å²) in [5.41, 5.74) is 2.84. The molecule has 1 saturated heterocycles. The van der Waals surface area contributed by atoms with Crippen molar-refractivity contribution in [3.05, 3.63) is 100 Å². The van der Waals surface area contributed by atoms with Crippen LogP contribution in [0.3, 0.4) is 0 Å². The number of rotatable bonds is 7. The van der Waals surface area contributed by atoms with Gasteiger partial charge in [-0.05, 0) is 72.9 Å². The van der Waals surface area contributed by atoms with Crippen molar-refractivity contribution in [2.75, 3.05) is 43.9 Å². The highest BCUT2D eigenvalue weighted by atomic mass is 35.5. The smallest absolute Gasteiger partial charge is 0.335 e. The van der Waals surface area contributed by atoms with Crippen molar-refractivity contribution in [3.8, 4) is 5.69 Å². The van der Waals surface area contributed by atoms with E-state index in [0.717, 1.165) is 15.9 Å². The molecule has 1 atom stereocenters. The van der Waals surface area contributed by atoms with Gasteiger partial charge in [0.25, 0.3) is 11.8 Å². The van der Waals surface area contributed by atoms with E-state index in [0.29, 0.717) is 43.6 Å². The number of halogens is 2. The largest absolute Gasteiger partial charge is 0.478 e. The molecule has 0 bridgehead atoms. The monoisotopic (exact) mass is 673 g/mol. The fraction of sp³-hybridized carbons (Fsp3) is 0.294. The number of hydrogen-bond donors (Lipinski definition) is 2. The number of aromatic nitrogens is 3. The van der Waals surface area contributed by atoms with Gasteiger partial charge < -0.3 is 25.1 Å². The van der Waals surface area contributed by atoms with Gasteiger partial charge in [0, 0.05) is 51.0 Å². The van der Waals surface area contributed by atoms with Gasteiger partial charge in [-0.1, -0.05) is 35.0 Å². The molecule has 2 N–H and O–H groups in total. The number of fused-ring (bicyclic) bond motifs is 1. The molecule has 0 spiro atoms. The van der Waals surface area contributed by atoms with Crippen LogP contribution in [0.25, 0.3) is 5.69 Å². The fourth-order valence-electron chi connectivity index (χ4n) is 6.38. The number of benzene rings is 3. The molecule has 0 aliphatic carbocycles. The van der Waals surface area contributed by atoms with Crippen LogP contribution in [0.15, 0.2) is 66.9 Å². The third-order valence-electron chi connectivity index (χ3n) is 8.82. The average molecular weight is 674 g/mol. The lowest BCUT2D eigenvalue weighted by Gasteiger charge is -2.40. The number of nitrogens with zero attached hydrogens (tertiary/aromatic N) is 6. The summed E-state index contributed by atoms with van der Waals surface area (Å²) >= 11 is 5.94. The lowest BCUT2D eigenvalue weighted by molar-refractivity contribution is -0.133. The Morgan fingerprint density at radius 1 is 0.958 bits per heavy atom. The number of carbonyl (C=O) groups excluding carboxylic acids is 3. The molecule has 248 valence electrons. The van der Waals surface area contributed by atoms with Crippen molar-refractivity contribution in [2.24, 2.45) is 5.92 Å². The zero-order valence-electron chi connectivity index (χ0n) is 26.3. The quantitative estimate of drug-likeness (QED) is 0.294. The van der Waals surface area contributed by atoms with Crippen LogP contribution in [0.4, 0.5) is 15.8 Å². The number of amides is 3. The molecule has 3 heterocycles. The zero-order valence-corrected chi connectivity index (χ0v) is 27.0. The average Bonchev–Trinajstić information content (AvgIpc) is 3.58. The van der Waals surface area contributed by atoms with E-state index in [9.17, 15) is 28.7 Å². The van der Waals surface area contributed by atoms with Gasteiger partial charge in [-0.15, -0.1) is 5.10 Å². The minimum Gasteiger partial charge on any atom is -0.478 e. The van der Waals surface area contributed by atoms with Crippen molar-refractivity contribution in [3.63, 3.8) is 0 Å². The van der Waals surface area contributed by atoms with E-state index in [1.54, 1.807) is 25.1 Å². The molecule has 2 aliphatic rings. The second kappa shape index (κ2) is 13.4. The zero-order chi connectivity index (χ0) is 34.1. The van der Waals surface area contributed by atoms with Crippen molar-refractivity contribution >= 4 is 46.7 Å². The maximum Gasteiger partial charge on any atom is 0.335 e. The second-order valence-electron chi connectivity index (χ2n) is 12.0. The van der Waals surface area contributed by atoms with Gasteiger partial charge in [0.2, 0.25) is 5.91 Å². The van der Waals surface area contributed by atoms with Crippen LogP contribution in [-0.4, -0.2) is 87.3 Å². The number of aromatic carboxylic acids is 1. The minimum atomic E-state index is -1.10. The van der Waals surface area contributed by atoms with Gasteiger partial charge in [-0.25, -0.2) is 13.9 Å². The predicted octanol–water partition coefficient (Wildman–Crippen LogP) is 4.44. The third kappa shape index (κ3) is 6.33. The number of carboxylic acid groups (broad SMARTS) is 1. The lowest BCUT2D eigenvalue weighted by Crippen LogP contribution is -2.46. The standard InChI is InChI=1S/C34H33ClFN7O5/c1-40(2)32(45)20-13-16-41(17-14-20)27-7-3-5-24-23(27)15-18-42(30(24)31(44)37-22-11-9-21(10-12-22)34(47)48)33(46)26-19-43(39-38-26)28-8-4-6-25(35)29(28)36/h3-12,19-20,30H,13-18H2,1-2H3,(H,37,44)(H,47,48)/t30-/m1/s1. The summed E-state index contributed by atoms with van der Waals surface area (Å²) in [6, 6.07) is 14.7. The summed E-state index contributed by atoms with van der Waals surface area (Å²) in [6.07, 6.45) is 3.14. The second-order valence-corrected chi connectivity index (χ2v) is 12.4. The molecule has 0 radical (unpaired) electrons. The number of piperidine rings is 1. The van der Waals surface area contributed by atoms with Crippen LogP contribution in [-0.2, 0) is 16.0 Å². The van der Waals surface area contributed by atoms with Crippen LogP contribution < -0.4 is 10.2 Å². The van der Waals surface area contributed by atoms with Gasteiger partial charge in [0.1, 0.15) is 11.7 Å². The van der Waals surface area contributed by atoms with Crippen LogP contribution >= 0.6 is 11.6 Å². The molecule has 12 nitrogen and oxygen atoms in total. The highest BCUT2D eigenvalue weighted by Crippen LogP contribution is 2.38. The van der Waals surface area contributed by atoms with Gasteiger partial charge in [0.15, 0.2) is 11.5 Å². The summed E-state index contributed by atoms with van der Waals surface area (Å²) < 4.78 is 15.8. The Hall–Kier alpha value is -5.30. The summed E-state index contributed by atoms with van der Waals surface area (Å²) in [5, 5.41) is 20.0. The normalized spacial score (nSPS) is 16.3. The highest BCUT2D eigenvalue weighted by molar-refractivity contribution is 6.30. The highest BCUT2D eigenvalue weighted by Gasteiger charge is 2.39. The van der Waals surface area contributed by atoms with E-state index in [1.807, 2.05) is 18.2 Å². The fourth-order valence-corrected chi connectivity index (χ4v) is 6.55. The molecule has 48 heavy (non-hydrogen) atoms. The maximum absolute atomic E-state index is 14.7. The number of anilines is 2. The Morgan fingerprint density at radius 3 is 2.33 bits per heavy atom. The molecule has 3 aromatic carbocycles. The molecule has 14 heteroatoms. The Balaban J connectivity index is 1.32. The Bertz CT molecular complexity index is 1890. The van der Waals surface area contributed by atoms with Crippen molar-refractivity contribution in [2.45, 2.75) is 25.3 Å². The molecule has 6 rings (SSSR count). The van der Waals surface area contributed by atoms with Gasteiger partial charge in [-0.3, -0.25) is 14.4 Å². The molecular formula is C34H33ClFN7O5. The first kappa shape index (κ1) is 32.6. The molecule has 2 aliphatic heterocycles. The summed E-state index contributed by atoms with van der Waals surface area (Å²) in [6.45, 7) is 1.51. The minimum absolute atomic E-state index is 0.0119. The predicted molar refractivity (Wildman–Crippen MR) is 176 cm³/mol. The SMILES string of the molecule is CN(C)C(=O)C1CCN(c2cccc3c2CCN(C(=O)c2cn(-c4cccc(Cl)c4F)nn2)[C@H]3C(=O)Nc2ccc(C(=O)O)cc2)CC1. The molecule has 1 aromatic heterocycles. The van der Waals surface area contributed by atoms with E-state index >= 15 is 0 Å². The number of carboxylic acids is 1. The van der Waals surface area contributed by atoms with E-state index in [1.165, 1.54) is 47.5 Å². The van der Waals surface area contributed by atoms with Crippen LogP contribution in [0.5, 0.6) is 0 Å². The Morgan fingerprint density at radius 2 is 1.65 bits per heavy atom. The third-order valence-corrected chi connectivity index (χ3v) is 9.11. The molecule has 3 amide bonds. The van der Waals surface area contributed by atoms with E-state index in [2.05, 4.69) is 20.5 Å². The Labute approximate surface area is 280 Å². The van der Waals surface area contributed by atoms with E-state index in [4.69, 9.17) is 11.6 Å². The van der Waals surface area contributed by atoms with Crippen LogP contribution in [0.2, 0.25) is 5.02 Å². The number of hydrogen-bond acceptors (Lipinski definition) is 7. The van der Waals surface area contributed by atoms with Crippen LogP contribution in [0, 0.1) is 11.7 Å². The summed E-state index contributed by atoms with van der Waals surface area (Å²) in [7, 11) is 3.52. The Kier molecular flexibility index (Phi) is 9.13. The molecule has 4 aromatic rings. The molecule has 0 saturated carbocycles. The van der Waals surface area contributed by atoms with Gasteiger partial charge in [0.05, 0.1) is 16.8 Å². The first-order chi connectivity index (χ1) is 23.0. The first-order valence-corrected chi connectivity index (χ1v) is 15.8. The van der Waals surface area contributed by atoms with Gasteiger partial charge >= 0.3 is 5.97 Å². The number of carbonyl (C=O) groups is 4. The molecule has 1 fully saturated rings. The summed E-state index contributed by atoms with van der Waals surface area (Å²) in [4.78, 5) is 57.3. The van der Waals surface area contributed by atoms with Crippen molar-refractivity contribution < 1.29 is 28.7 Å². The van der Waals surface area contributed by atoms with E-state index in [-0.39, 0.29) is 40.3 Å². The lowest BCUT2D eigenvalue weighted by atomic mass is 9.88. The van der Waals surface area contributed by atoms with Crippen molar-refractivity contribution in [1.82, 2.24) is 24.8 Å². The van der Waals surface area contributed by atoms with E-state index < -0.39 is 29.6 Å². The molecule has 0 unspecified atom stereocenters. The first-order valence-electron chi connectivity index (χ1n) is 15.4.